The Morgan fingerprint density at radius 3 is 2.72 bits per heavy atom. The van der Waals surface area contributed by atoms with Crippen LogP contribution in [-0.2, 0) is 12.8 Å². The Hall–Kier alpha value is -1.30. The molecule has 0 aliphatic heterocycles. The molecule has 1 aliphatic carbocycles. The molecule has 0 fully saturated rings. The van der Waals surface area contributed by atoms with Gasteiger partial charge in [0.15, 0.2) is 0 Å². The van der Waals surface area contributed by atoms with E-state index in [-0.39, 0.29) is 0 Å². The highest BCUT2D eigenvalue weighted by Crippen LogP contribution is 2.33. The van der Waals surface area contributed by atoms with Crippen LogP contribution in [0.5, 0.6) is 0 Å². The van der Waals surface area contributed by atoms with E-state index in [1.807, 2.05) is 0 Å². The van der Waals surface area contributed by atoms with Crippen molar-refractivity contribution in [1.29, 1.82) is 0 Å². The van der Waals surface area contributed by atoms with Crippen LogP contribution in [0.15, 0.2) is 48.1 Å². The number of fused-ring (bicyclic) bond motifs is 1. The minimum Gasteiger partial charge on any atom is -0.0953 e. The van der Waals surface area contributed by atoms with Crippen molar-refractivity contribution < 1.29 is 0 Å². The van der Waals surface area contributed by atoms with E-state index in [1.54, 1.807) is 5.56 Å². The topological polar surface area (TPSA) is 0 Å². The molecule has 1 aliphatic rings. The smallest absolute Gasteiger partial charge is 0.0121 e. The second kappa shape index (κ2) is 6.04. The van der Waals surface area contributed by atoms with E-state index < -0.39 is 0 Å². The molecule has 1 aromatic carbocycles. The lowest BCUT2D eigenvalue weighted by Gasteiger charge is -2.27. The number of aryl methyl sites for hydroxylation is 1. The molecule has 0 aromatic heterocycles. The normalized spacial score (nSPS) is 19.4. The van der Waals surface area contributed by atoms with E-state index in [9.17, 15) is 0 Å². The van der Waals surface area contributed by atoms with Crippen molar-refractivity contribution in [2.75, 3.05) is 0 Å². The summed E-state index contributed by atoms with van der Waals surface area (Å²) in [5, 5.41) is 0. The zero-order chi connectivity index (χ0) is 13.0. The molecule has 0 radical (unpaired) electrons. The summed E-state index contributed by atoms with van der Waals surface area (Å²) in [5.41, 5.74) is 5.93. The van der Waals surface area contributed by atoms with Crippen molar-refractivity contribution >= 4 is 0 Å². The van der Waals surface area contributed by atoms with Crippen LogP contribution < -0.4 is 0 Å². The van der Waals surface area contributed by atoms with Crippen LogP contribution in [0.1, 0.15) is 44.2 Å². The Kier molecular flexibility index (Phi) is 4.41. The molecule has 0 N–H and O–H groups in total. The lowest BCUT2D eigenvalue weighted by molar-refractivity contribution is 0.528. The van der Waals surface area contributed by atoms with E-state index in [0.717, 1.165) is 0 Å². The number of hydrogen-bond acceptors (Lipinski definition) is 0. The fourth-order valence-corrected chi connectivity index (χ4v) is 3.02. The highest BCUT2D eigenvalue weighted by molar-refractivity contribution is 5.36. The summed E-state index contributed by atoms with van der Waals surface area (Å²) in [6, 6.07) is 8.87. The van der Waals surface area contributed by atoms with Gasteiger partial charge in [-0.15, -0.1) is 0 Å². The van der Waals surface area contributed by atoms with Gasteiger partial charge in [-0.3, -0.25) is 0 Å². The maximum atomic E-state index is 4.37. The molecule has 0 heterocycles. The van der Waals surface area contributed by atoms with Gasteiger partial charge in [0.2, 0.25) is 0 Å². The first-order valence-corrected chi connectivity index (χ1v) is 7.17. The number of allylic oxidation sites excluding steroid dienone is 3. The quantitative estimate of drug-likeness (QED) is 0.643. The summed E-state index contributed by atoms with van der Waals surface area (Å²) >= 11 is 0. The van der Waals surface area contributed by atoms with Crippen LogP contribution >= 0.6 is 0 Å². The molecule has 0 spiro atoms. The Morgan fingerprint density at radius 2 is 2.06 bits per heavy atom. The van der Waals surface area contributed by atoms with Crippen LogP contribution in [0, 0.1) is 5.92 Å². The predicted molar refractivity (Wildman–Crippen MR) is 79.8 cm³/mol. The van der Waals surface area contributed by atoms with Crippen LogP contribution in [-0.4, -0.2) is 0 Å². The fraction of sp³-hybridized carbons (Fsp3) is 0.444. The molecule has 1 atom stereocenters. The molecule has 0 saturated carbocycles. The average molecular weight is 240 g/mol. The molecule has 96 valence electrons. The maximum absolute atomic E-state index is 4.37. The van der Waals surface area contributed by atoms with Gasteiger partial charge in [0.05, 0.1) is 0 Å². The number of hydrogen-bond donors (Lipinski definition) is 0. The monoisotopic (exact) mass is 240 g/mol. The van der Waals surface area contributed by atoms with E-state index in [1.165, 1.54) is 48.8 Å². The fourth-order valence-electron chi connectivity index (χ4n) is 3.02. The molecule has 0 bridgehead atoms. The zero-order valence-electron chi connectivity index (χ0n) is 11.7. The van der Waals surface area contributed by atoms with Gasteiger partial charge in [-0.1, -0.05) is 50.3 Å². The molecule has 0 amide bonds. The summed E-state index contributed by atoms with van der Waals surface area (Å²) in [7, 11) is 0. The standard InChI is InChI=1S/C18H24/c1-4-8-15(5-2)14(3)17-12-11-16-9-6-7-10-18(16)13-17/h5-7,9-10,17H,3-4,8,11-13H2,1-2H3/b15-5+. The molecule has 2 rings (SSSR count). The van der Waals surface area contributed by atoms with Crippen LogP contribution in [0.25, 0.3) is 0 Å². The first-order valence-electron chi connectivity index (χ1n) is 7.17. The Balaban J connectivity index is 2.11. The van der Waals surface area contributed by atoms with Crippen LogP contribution in [0.3, 0.4) is 0 Å². The van der Waals surface area contributed by atoms with Crippen molar-refractivity contribution in [2.45, 2.75) is 46.0 Å². The van der Waals surface area contributed by atoms with E-state index in [2.05, 4.69) is 50.8 Å². The minimum absolute atomic E-state index is 0.651. The van der Waals surface area contributed by atoms with Crippen molar-refractivity contribution in [3.05, 3.63) is 59.2 Å². The molecule has 1 aromatic rings. The first-order chi connectivity index (χ1) is 8.76. The van der Waals surface area contributed by atoms with Crippen LogP contribution in [0.4, 0.5) is 0 Å². The molecular formula is C18H24. The summed E-state index contributed by atoms with van der Waals surface area (Å²) in [4.78, 5) is 0. The van der Waals surface area contributed by atoms with Gasteiger partial charge < -0.3 is 0 Å². The van der Waals surface area contributed by atoms with E-state index in [4.69, 9.17) is 0 Å². The van der Waals surface area contributed by atoms with E-state index in [0.29, 0.717) is 5.92 Å². The molecule has 0 heteroatoms. The number of benzene rings is 1. The van der Waals surface area contributed by atoms with Crippen molar-refractivity contribution in [3.8, 4) is 0 Å². The largest absolute Gasteiger partial charge is 0.0953 e. The van der Waals surface area contributed by atoms with Crippen LogP contribution in [0.2, 0.25) is 0 Å². The molecule has 1 unspecified atom stereocenters. The van der Waals surface area contributed by atoms with Crippen molar-refractivity contribution in [2.24, 2.45) is 5.92 Å². The second-order valence-corrected chi connectivity index (χ2v) is 5.30. The summed E-state index contributed by atoms with van der Waals surface area (Å²) in [6.07, 6.45) is 8.29. The van der Waals surface area contributed by atoms with Gasteiger partial charge in [0, 0.05) is 0 Å². The van der Waals surface area contributed by atoms with Gasteiger partial charge in [-0.2, -0.15) is 0 Å². The Morgan fingerprint density at radius 1 is 1.33 bits per heavy atom. The highest BCUT2D eigenvalue weighted by atomic mass is 14.3. The first kappa shape index (κ1) is 13.1. The molecule has 18 heavy (non-hydrogen) atoms. The zero-order valence-corrected chi connectivity index (χ0v) is 11.7. The lowest BCUT2D eigenvalue weighted by atomic mass is 9.77. The highest BCUT2D eigenvalue weighted by Gasteiger charge is 2.21. The maximum Gasteiger partial charge on any atom is -0.0121 e. The summed E-state index contributed by atoms with van der Waals surface area (Å²) in [5.74, 6) is 0.651. The minimum atomic E-state index is 0.651. The summed E-state index contributed by atoms with van der Waals surface area (Å²) < 4.78 is 0. The second-order valence-electron chi connectivity index (χ2n) is 5.30. The SMILES string of the molecule is C=C(/C(=C/C)CCC)C1CCc2ccccc2C1. The number of rotatable bonds is 4. The van der Waals surface area contributed by atoms with E-state index >= 15 is 0 Å². The third-order valence-electron chi connectivity index (χ3n) is 4.12. The van der Waals surface area contributed by atoms with Gasteiger partial charge in [0.25, 0.3) is 0 Å². The molecule has 0 nitrogen and oxygen atoms in total. The third kappa shape index (κ3) is 2.75. The van der Waals surface area contributed by atoms with Crippen molar-refractivity contribution in [1.82, 2.24) is 0 Å². The summed E-state index contributed by atoms with van der Waals surface area (Å²) in [6.45, 7) is 8.76. The molecular weight excluding hydrogens is 216 g/mol. The van der Waals surface area contributed by atoms with Crippen molar-refractivity contribution in [3.63, 3.8) is 0 Å². The third-order valence-corrected chi connectivity index (χ3v) is 4.12. The van der Waals surface area contributed by atoms with Gasteiger partial charge >= 0.3 is 0 Å². The molecule has 0 saturated heterocycles. The van der Waals surface area contributed by atoms with Gasteiger partial charge in [0.1, 0.15) is 0 Å². The average Bonchev–Trinajstić information content (AvgIpc) is 2.43. The van der Waals surface area contributed by atoms with Gasteiger partial charge in [-0.05, 0) is 60.8 Å². The Labute approximate surface area is 111 Å². The predicted octanol–water partition coefficient (Wildman–Crippen LogP) is 5.09. The lowest BCUT2D eigenvalue weighted by Crippen LogP contribution is -2.16. The Bertz CT molecular complexity index is 451. The van der Waals surface area contributed by atoms with Gasteiger partial charge in [-0.25, -0.2) is 0 Å².